The van der Waals surface area contributed by atoms with E-state index in [1.165, 1.54) is 6.92 Å². The quantitative estimate of drug-likeness (QED) is 0.410. The molecule has 2 unspecified atom stereocenters. The fourth-order valence-corrected chi connectivity index (χ4v) is 1.06. The van der Waals surface area contributed by atoms with Gasteiger partial charge < -0.3 is 15.5 Å². The molecule has 0 radical (unpaired) electrons. The van der Waals surface area contributed by atoms with Gasteiger partial charge in [-0.2, -0.15) is 0 Å². The Labute approximate surface area is 58.9 Å². The van der Waals surface area contributed by atoms with Gasteiger partial charge in [-0.25, -0.2) is 0 Å². The summed E-state index contributed by atoms with van der Waals surface area (Å²) >= 11 is 0. The van der Waals surface area contributed by atoms with Crippen molar-refractivity contribution in [1.82, 2.24) is 5.32 Å². The molecule has 0 spiro atoms. The molecule has 0 saturated carbocycles. The van der Waals surface area contributed by atoms with Crippen molar-refractivity contribution in [3.8, 4) is 0 Å². The summed E-state index contributed by atoms with van der Waals surface area (Å²) in [5.74, 6) is -0.310. The van der Waals surface area contributed by atoms with E-state index in [0.717, 1.165) is 0 Å². The normalized spacial score (nSPS) is 36.5. The van der Waals surface area contributed by atoms with Crippen LogP contribution in [0.5, 0.6) is 0 Å². The van der Waals surface area contributed by atoms with Crippen molar-refractivity contribution >= 4 is 5.78 Å². The van der Waals surface area contributed by atoms with E-state index in [0.29, 0.717) is 0 Å². The van der Waals surface area contributed by atoms with Crippen LogP contribution in [-0.2, 0) is 4.79 Å². The molecule has 0 amide bonds. The van der Waals surface area contributed by atoms with Crippen LogP contribution in [0.1, 0.15) is 6.92 Å². The average Bonchev–Trinajstić information content (AvgIpc) is 2.14. The highest BCUT2D eigenvalue weighted by Gasteiger charge is 2.34. The number of carbonyl (C=O) groups excluding carboxylic acids is 1. The Hall–Kier alpha value is -0.450. The largest absolute Gasteiger partial charge is 0.391 e. The van der Waals surface area contributed by atoms with Crippen molar-refractivity contribution in [1.29, 1.82) is 0 Å². The molecule has 58 valence electrons. The third-order valence-electron chi connectivity index (χ3n) is 1.65. The van der Waals surface area contributed by atoms with Gasteiger partial charge in [0.1, 0.15) is 6.10 Å². The molecule has 10 heavy (non-hydrogen) atoms. The maximum absolute atomic E-state index is 10.9. The first-order valence-electron chi connectivity index (χ1n) is 3.26. The van der Waals surface area contributed by atoms with Crippen LogP contribution in [0.25, 0.3) is 0 Å². The second kappa shape index (κ2) is 2.65. The first kappa shape index (κ1) is 7.65. The Morgan fingerprint density at radius 2 is 2.40 bits per heavy atom. The minimum absolute atomic E-state index is 0.258. The van der Waals surface area contributed by atoms with Gasteiger partial charge in [0.2, 0.25) is 0 Å². The van der Waals surface area contributed by atoms with Gasteiger partial charge in [-0.05, 0) is 6.92 Å². The maximum Gasteiger partial charge on any atom is 0.182 e. The SMILES string of the molecule is CC(O)C1NC[C@@H](O)C1=O. The lowest BCUT2D eigenvalue weighted by Crippen LogP contribution is -2.38. The van der Waals surface area contributed by atoms with E-state index in [1.807, 2.05) is 0 Å². The smallest absolute Gasteiger partial charge is 0.182 e. The first-order chi connectivity index (χ1) is 4.63. The van der Waals surface area contributed by atoms with Crippen LogP contribution in [-0.4, -0.2) is 40.8 Å². The number of hydrogen-bond donors (Lipinski definition) is 3. The zero-order valence-electron chi connectivity index (χ0n) is 5.74. The second-order valence-corrected chi connectivity index (χ2v) is 2.54. The van der Waals surface area contributed by atoms with Crippen LogP contribution in [0, 0.1) is 0 Å². The molecule has 1 aliphatic rings. The summed E-state index contributed by atoms with van der Waals surface area (Å²) in [7, 11) is 0. The van der Waals surface area contributed by atoms with Crippen molar-refractivity contribution in [2.45, 2.75) is 25.2 Å². The Bertz CT molecular complexity index is 146. The van der Waals surface area contributed by atoms with Gasteiger partial charge in [0, 0.05) is 6.54 Å². The zero-order chi connectivity index (χ0) is 7.72. The molecule has 3 N–H and O–H groups in total. The Balaban J connectivity index is 2.57. The van der Waals surface area contributed by atoms with Gasteiger partial charge in [-0.3, -0.25) is 4.79 Å². The first-order valence-corrected chi connectivity index (χ1v) is 3.26. The van der Waals surface area contributed by atoms with Crippen LogP contribution in [0.2, 0.25) is 0 Å². The standard InChI is InChI=1S/C6H11NO3/c1-3(8)5-6(10)4(9)2-7-5/h3-5,7-9H,2H2,1H3/t3?,4-,5?/m1/s1. The molecule has 0 aromatic rings. The summed E-state index contributed by atoms with van der Waals surface area (Å²) in [6.07, 6.45) is -1.65. The predicted octanol–water partition coefficient (Wildman–Crippen LogP) is -1.73. The lowest BCUT2D eigenvalue weighted by Gasteiger charge is -2.10. The highest BCUT2D eigenvalue weighted by atomic mass is 16.3. The molecule has 4 nitrogen and oxygen atoms in total. The summed E-state index contributed by atoms with van der Waals surface area (Å²) < 4.78 is 0. The number of nitrogens with one attached hydrogen (secondary N) is 1. The lowest BCUT2D eigenvalue weighted by molar-refractivity contribution is -0.126. The Morgan fingerprint density at radius 1 is 1.80 bits per heavy atom. The molecule has 0 aliphatic carbocycles. The van der Waals surface area contributed by atoms with Gasteiger partial charge >= 0.3 is 0 Å². The molecule has 1 fully saturated rings. The van der Waals surface area contributed by atoms with Crippen molar-refractivity contribution in [2.75, 3.05) is 6.54 Å². The second-order valence-electron chi connectivity index (χ2n) is 2.54. The van der Waals surface area contributed by atoms with Crippen molar-refractivity contribution in [3.05, 3.63) is 0 Å². The number of hydrogen-bond acceptors (Lipinski definition) is 4. The molecular formula is C6H11NO3. The fraction of sp³-hybridized carbons (Fsp3) is 0.833. The summed E-state index contributed by atoms with van der Waals surface area (Å²) in [6.45, 7) is 1.78. The van der Waals surface area contributed by atoms with Gasteiger partial charge in [-0.15, -0.1) is 0 Å². The summed E-state index contributed by atoms with van der Waals surface area (Å²) in [5.41, 5.74) is 0. The fourth-order valence-electron chi connectivity index (χ4n) is 1.06. The number of aliphatic hydroxyl groups excluding tert-OH is 2. The van der Waals surface area contributed by atoms with Crippen molar-refractivity contribution < 1.29 is 15.0 Å². The molecule has 1 saturated heterocycles. The number of carbonyl (C=O) groups is 1. The Kier molecular flexibility index (Phi) is 2.03. The van der Waals surface area contributed by atoms with E-state index in [1.54, 1.807) is 0 Å². The molecule has 1 heterocycles. The van der Waals surface area contributed by atoms with E-state index < -0.39 is 18.2 Å². The van der Waals surface area contributed by atoms with Crippen LogP contribution < -0.4 is 5.32 Å². The number of aliphatic hydroxyl groups is 2. The molecule has 4 heteroatoms. The number of rotatable bonds is 1. The lowest BCUT2D eigenvalue weighted by atomic mass is 10.1. The van der Waals surface area contributed by atoms with E-state index in [4.69, 9.17) is 10.2 Å². The van der Waals surface area contributed by atoms with E-state index in [-0.39, 0.29) is 12.3 Å². The van der Waals surface area contributed by atoms with E-state index in [9.17, 15) is 4.79 Å². The Morgan fingerprint density at radius 3 is 2.60 bits per heavy atom. The molecule has 1 rings (SSSR count). The molecular weight excluding hydrogens is 134 g/mol. The highest BCUT2D eigenvalue weighted by Crippen LogP contribution is 2.05. The molecule has 0 bridgehead atoms. The van der Waals surface area contributed by atoms with Crippen LogP contribution >= 0.6 is 0 Å². The average molecular weight is 145 g/mol. The molecule has 0 aromatic carbocycles. The molecule has 0 aromatic heterocycles. The zero-order valence-corrected chi connectivity index (χ0v) is 5.74. The van der Waals surface area contributed by atoms with E-state index in [2.05, 4.69) is 5.32 Å². The van der Waals surface area contributed by atoms with Crippen LogP contribution in [0.3, 0.4) is 0 Å². The van der Waals surface area contributed by atoms with Gasteiger partial charge in [0.25, 0.3) is 0 Å². The summed E-state index contributed by atoms with van der Waals surface area (Å²) in [6, 6.07) is -0.574. The topological polar surface area (TPSA) is 69.6 Å². The van der Waals surface area contributed by atoms with Crippen molar-refractivity contribution in [3.63, 3.8) is 0 Å². The number of ketones is 1. The number of β-amino-alcohol motifs (C(OH)–C–C–N with tert-alkyl or cyclic N) is 1. The third kappa shape index (κ3) is 1.18. The van der Waals surface area contributed by atoms with Crippen molar-refractivity contribution in [2.24, 2.45) is 0 Å². The minimum Gasteiger partial charge on any atom is -0.391 e. The van der Waals surface area contributed by atoms with Crippen LogP contribution in [0.15, 0.2) is 0 Å². The maximum atomic E-state index is 10.9. The number of Topliss-reactive ketones (excluding diaryl/α,β-unsaturated/α-hetero) is 1. The van der Waals surface area contributed by atoms with Gasteiger partial charge in [0.15, 0.2) is 5.78 Å². The minimum atomic E-state index is -0.931. The van der Waals surface area contributed by atoms with E-state index >= 15 is 0 Å². The summed E-state index contributed by atoms with van der Waals surface area (Å²) in [5, 5.41) is 20.5. The predicted molar refractivity (Wildman–Crippen MR) is 34.5 cm³/mol. The molecule has 3 atom stereocenters. The third-order valence-corrected chi connectivity index (χ3v) is 1.65. The highest BCUT2D eigenvalue weighted by molar-refractivity contribution is 5.90. The molecule has 1 aliphatic heterocycles. The summed E-state index contributed by atoms with van der Waals surface area (Å²) in [4.78, 5) is 10.9. The monoisotopic (exact) mass is 145 g/mol. The van der Waals surface area contributed by atoms with Gasteiger partial charge in [-0.1, -0.05) is 0 Å². The van der Waals surface area contributed by atoms with Gasteiger partial charge in [0.05, 0.1) is 12.1 Å². The van der Waals surface area contributed by atoms with Crippen LogP contribution in [0.4, 0.5) is 0 Å².